The van der Waals surface area contributed by atoms with E-state index in [1.54, 1.807) is 48.2 Å². The Balaban J connectivity index is 0.00000271. The van der Waals surface area contributed by atoms with Crippen molar-refractivity contribution in [3.05, 3.63) is 100 Å². The largest absolute Gasteiger partial charge is 1.00 e. The van der Waals surface area contributed by atoms with E-state index in [0.29, 0.717) is 29.8 Å². The number of hydrogen-bond acceptors (Lipinski definition) is 17. The molecule has 1 aliphatic rings. The molecule has 0 atom stereocenters. The molecule has 0 saturated heterocycles. The zero-order valence-corrected chi connectivity index (χ0v) is 38.4. The van der Waals surface area contributed by atoms with Crippen LogP contribution in [0.3, 0.4) is 0 Å². The monoisotopic (exact) mass is 851 g/mol. The Morgan fingerprint density at radius 2 is 1.44 bits per heavy atom. The predicted molar refractivity (Wildman–Crippen MR) is 187 cm³/mol. The third-order valence-corrected chi connectivity index (χ3v) is 10.3. The average molecular weight is 852 g/mol. The Morgan fingerprint density at radius 1 is 0.782 bits per heavy atom. The van der Waals surface area contributed by atoms with Gasteiger partial charge in [0.25, 0.3) is 0 Å². The molecule has 2 N–H and O–H groups in total. The topological polar surface area (TPSA) is 267 Å². The van der Waals surface area contributed by atoms with E-state index in [1.807, 2.05) is 0 Å². The normalized spacial score (nSPS) is 13.4. The number of para-hydroxylation sites is 1. The van der Waals surface area contributed by atoms with Crippen LogP contribution in [0.25, 0.3) is 16.8 Å². The van der Waals surface area contributed by atoms with E-state index in [1.165, 1.54) is 24.3 Å². The van der Waals surface area contributed by atoms with Crippen molar-refractivity contribution >= 4 is 99.3 Å². The summed E-state index contributed by atoms with van der Waals surface area (Å²) in [7, 11) is -16.0. The number of halogens is 1. The summed E-state index contributed by atoms with van der Waals surface area (Å²) < 4.78 is 111. The van der Waals surface area contributed by atoms with Crippen molar-refractivity contribution in [3.8, 4) is 0 Å². The van der Waals surface area contributed by atoms with Gasteiger partial charge in [0.05, 0.1) is 31.6 Å². The summed E-state index contributed by atoms with van der Waals surface area (Å²) in [4.78, 5) is 25.2. The number of carbonyl (C=O) groups excluding carboxylic acids is 1. The molecular weight excluding hydrogens is 831 g/mol. The first-order valence-electron chi connectivity index (χ1n) is 14.6. The zero-order chi connectivity index (χ0) is 37.6. The summed E-state index contributed by atoms with van der Waals surface area (Å²) in [6.45, 7) is 2.14. The van der Waals surface area contributed by atoms with Crippen molar-refractivity contribution in [1.82, 2.24) is 15.0 Å². The van der Waals surface area contributed by atoms with Crippen LogP contribution in [0.4, 0.5) is 29.0 Å². The van der Waals surface area contributed by atoms with Gasteiger partial charge in [-0.05, 0) is 65.9 Å². The zero-order valence-electron chi connectivity index (χ0n) is 29.2. The Hall–Kier alpha value is -2.35. The van der Waals surface area contributed by atoms with Gasteiger partial charge in [-0.15, -0.1) is 0 Å². The van der Waals surface area contributed by atoms with Gasteiger partial charge < -0.3 is 23.9 Å². The Labute approximate surface area is 386 Å². The number of benzene rings is 4. The summed E-state index contributed by atoms with van der Waals surface area (Å²) in [5, 5.41) is 6.41. The van der Waals surface area contributed by atoms with Gasteiger partial charge in [-0.1, -0.05) is 48.5 Å². The van der Waals surface area contributed by atoms with Crippen LogP contribution < -0.4 is 104 Å². The third kappa shape index (κ3) is 10.4. The number of rotatable bonds is 10. The quantitative estimate of drug-likeness (QED) is 0.0757. The van der Waals surface area contributed by atoms with Crippen LogP contribution in [0, 0.1) is 0 Å². The van der Waals surface area contributed by atoms with Crippen molar-refractivity contribution in [2.24, 2.45) is 5.10 Å². The number of nitrogens with one attached hydrogen (secondary N) is 2. The maximum absolute atomic E-state index is 14.1. The van der Waals surface area contributed by atoms with Gasteiger partial charge in [0.2, 0.25) is 23.0 Å². The van der Waals surface area contributed by atoms with E-state index in [2.05, 4.69) is 30.8 Å². The molecule has 5 aromatic rings. The smallest absolute Gasteiger partial charge is 0.744 e. The number of anilines is 5. The molecule has 24 heteroatoms. The molecular formula is C31H21ClN7Na3O10S3. The molecule has 0 spiro atoms. The number of hydrazone groups is 1. The molecule has 0 fully saturated rings. The van der Waals surface area contributed by atoms with Crippen LogP contribution in [0.5, 0.6) is 0 Å². The maximum atomic E-state index is 14.1. The number of ketones is 1. The van der Waals surface area contributed by atoms with Crippen molar-refractivity contribution in [2.75, 3.05) is 22.2 Å². The fourth-order valence-electron chi connectivity index (χ4n) is 5.38. The molecule has 0 radical (unpaired) electrons. The molecule has 268 valence electrons. The average Bonchev–Trinajstić information content (AvgIpc) is 3.06. The van der Waals surface area contributed by atoms with E-state index >= 15 is 0 Å². The van der Waals surface area contributed by atoms with Crippen LogP contribution in [0.2, 0.25) is 5.28 Å². The Morgan fingerprint density at radius 3 is 2.05 bits per heavy atom. The molecule has 0 amide bonds. The molecule has 0 unspecified atom stereocenters. The standard InChI is InChI=1S/C31H24ClN7O10S3.3Na/c1-2-39(19-9-4-3-5-10-19)31-35-29(32)34-30(36-31)33-23-16-20(50(41,42)43)14-18-15-24(51(44,45)46)26(27(40)25(18)23)38-37-22-13-12-17-8-6-7-11-21(17)28(22)52(47,48)49;;;/h3-16,37H,2H2,1H3,(H,41,42,43)(H,44,45,46)(H,47,48,49)(H,33,34,35,36);;;/q;3*+1/p-3. The number of allylic oxidation sites excluding steroid dienone is 1. The Kier molecular flexibility index (Phi) is 15.8. The van der Waals surface area contributed by atoms with Crippen LogP contribution in [0.1, 0.15) is 22.8 Å². The first kappa shape index (κ1) is 47.0. The van der Waals surface area contributed by atoms with Gasteiger partial charge in [-0.3, -0.25) is 10.2 Å². The molecule has 1 aromatic heterocycles. The third-order valence-electron chi connectivity index (χ3n) is 7.55. The first-order chi connectivity index (χ1) is 24.5. The molecule has 1 heterocycles. The summed E-state index contributed by atoms with van der Waals surface area (Å²) in [6.07, 6.45) is 0.616. The molecule has 0 bridgehead atoms. The fourth-order valence-corrected chi connectivity index (χ4v) is 7.56. The molecule has 55 heavy (non-hydrogen) atoms. The van der Waals surface area contributed by atoms with E-state index in [-0.39, 0.29) is 111 Å². The van der Waals surface area contributed by atoms with Crippen LogP contribution >= 0.6 is 11.6 Å². The molecule has 6 rings (SSSR count). The van der Waals surface area contributed by atoms with Crippen molar-refractivity contribution in [2.45, 2.75) is 16.7 Å². The molecule has 1 aliphatic carbocycles. The first-order valence-corrected chi connectivity index (χ1v) is 19.2. The molecule has 17 nitrogen and oxygen atoms in total. The van der Waals surface area contributed by atoms with E-state index in [0.717, 1.165) is 12.1 Å². The molecule has 0 aliphatic heterocycles. The second kappa shape index (κ2) is 18.5. The van der Waals surface area contributed by atoms with Gasteiger partial charge in [0, 0.05) is 17.6 Å². The second-order valence-electron chi connectivity index (χ2n) is 10.8. The minimum Gasteiger partial charge on any atom is -0.744 e. The van der Waals surface area contributed by atoms with Crippen molar-refractivity contribution in [3.63, 3.8) is 0 Å². The second-order valence-corrected chi connectivity index (χ2v) is 15.2. The van der Waals surface area contributed by atoms with Crippen molar-refractivity contribution in [1.29, 1.82) is 0 Å². The van der Waals surface area contributed by atoms with Crippen LogP contribution in [-0.2, 0) is 30.4 Å². The van der Waals surface area contributed by atoms with E-state index in [9.17, 15) is 43.7 Å². The van der Waals surface area contributed by atoms with Crippen molar-refractivity contribution < 1.29 is 132 Å². The van der Waals surface area contributed by atoms with Crippen LogP contribution in [-0.4, -0.2) is 71.9 Å². The minimum atomic E-state index is -5.56. The number of hydrogen-bond donors (Lipinski definition) is 2. The fraction of sp³-hybridized carbons (Fsp3) is 0.0645. The number of Topliss-reactive ketones (excluding diaryl/α,β-unsaturated/α-hetero) is 1. The Bertz CT molecular complexity index is 2710. The van der Waals surface area contributed by atoms with E-state index in [4.69, 9.17) is 11.6 Å². The van der Waals surface area contributed by atoms with Gasteiger partial charge in [-0.2, -0.15) is 20.1 Å². The van der Waals surface area contributed by atoms with Gasteiger partial charge >= 0.3 is 88.7 Å². The molecule has 0 saturated carbocycles. The molecule has 4 aromatic carbocycles. The summed E-state index contributed by atoms with van der Waals surface area (Å²) in [6, 6.07) is 18.8. The van der Waals surface area contributed by atoms with Crippen LogP contribution in [0.15, 0.2) is 98.7 Å². The summed E-state index contributed by atoms with van der Waals surface area (Å²) in [5.74, 6) is -1.62. The van der Waals surface area contributed by atoms with Gasteiger partial charge in [-0.25, -0.2) is 25.3 Å². The summed E-state index contributed by atoms with van der Waals surface area (Å²) >= 11 is 6.21. The van der Waals surface area contributed by atoms with E-state index < -0.39 is 79.0 Å². The van der Waals surface area contributed by atoms with Gasteiger partial charge in [0.15, 0.2) is 0 Å². The maximum Gasteiger partial charge on any atom is 1.00 e. The van der Waals surface area contributed by atoms with Gasteiger partial charge in [0.1, 0.15) is 36.1 Å². The predicted octanol–water partition coefficient (Wildman–Crippen LogP) is -5.05. The number of aromatic nitrogens is 3. The number of fused-ring (bicyclic) bond motifs is 2. The number of carbonyl (C=O) groups is 1. The summed E-state index contributed by atoms with van der Waals surface area (Å²) in [5.41, 5.74) is -0.0862. The minimum absolute atomic E-state index is 0. The number of nitrogens with zero attached hydrogens (tertiary/aromatic N) is 5. The SMILES string of the molecule is CCN(c1ccccc1)c1nc(Cl)nc(Nc2cc(S(=O)(=O)[O-])cc3c2C(=O)C(=NNc2ccc4ccccc4c2S(=O)(=O)[O-])C(S(=O)(=O)[O-])=C3)n1.[Na+].[Na+].[Na+].